The molecule has 2 saturated heterocycles. The topological polar surface area (TPSA) is 168 Å². The van der Waals surface area contributed by atoms with E-state index < -0.39 is 24.2 Å². The highest BCUT2D eigenvalue weighted by atomic mass is 16.2. The average Bonchev–Trinajstić information content (AvgIpc) is 4.07. The molecule has 0 bridgehead atoms. The van der Waals surface area contributed by atoms with E-state index in [-0.39, 0.29) is 23.8 Å². The van der Waals surface area contributed by atoms with Gasteiger partial charge in [-0.05, 0) is 76.1 Å². The van der Waals surface area contributed by atoms with Gasteiger partial charge in [0, 0.05) is 42.4 Å². The van der Waals surface area contributed by atoms with Gasteiger partial charge in [0.25, 0.3) is 0 Å². The maximum Gasteiger partial charge on any atom is 0.246 e. The highest BCUT2D eigenvalue weighted by Crippen LogP contribution is 2.32. The smallest absolute Gasteiger partial charge is 0.246 e. The first kappa shape index (κ1) is 41.8. The van der Waals surface area contributed by atoms with E-state index in [1.807, 2.05) is 89.5 Å². The van der Waals surface area contributed by atoms with Gasteiger partial charge in [-0.25, -0.2) is 0 Å². The van der Waals surface area contributed by atoms with Crippen LogP contribution in [0.3, 0.4) is 0 Å². The van der Waals surface area contributed by atoms with Gasteiger partial charge in [0.1, 0.15) is 17.8 Å². The van der Waals surface area contributed by atoms with Gasteiger partial charge >= 0.3 is 0 Å². The second-order valence-electron chi connectivity index (χ2n) is 16.5. The van der Waals surface area contributed by atoms with Crippen LogP contribution in [0.2, 0.25) is 0 Å². The maximum atomic E-state index is 14.4. The van der Waals surface area contributed by atoms with Crippen LogP contribution < -0.4 is 16.0 Å². The molecule has 3 amide bonds. The number of aryl methyl sites for hydroxylation is 3. The molecule has 0 radical (unpaired) electrons. The van der Waals surface area contributed by atoms with E-state index in [0.29, 0.717) is 25.0 Å². The Bertz CT molecular complexity index is 2110. The molecule has 2 aliphatic heterocycles. The number of amides is 3. The van der Waals surface area contributed by atoms with Crippen LogP contribution in [0, 0.1) is 6.92 Å². The van der Waals surface area contributed by atoms with Crippen LogP contribution in [-0.4, -0.2) is 88.8 Å². The number of benzene rings is 2. The molecule has 2 fully saturated rings. The Hall–Kier alpha value is -5.37. The van der Waals surface area contributed by atoms with E-state index in [4.69, 9.17) is 0 Å². The predicted molar refractivity (Wildman–Crippen MR) is 227 cm³/mol. The van der Waals surface area contributed by atoms with Gasteiger partial charge < -0.3 is 25.8 Å². The first-order valence-corrected chi connectivity index (χ1v) is 21.8. The van der Waals surface area contributed by atoms with E-state index in [2.05, 4.69) is 41.6 Å². The molecule has 5 aromatic rings. The Labute approximate surface area is 347 Å². The number of aromatic amines is 1. The molecule has 0 spiro atoms. The van der Waals surface area contributed by atoms with E-state index in [1.165, 1.54) is 32.1 Å². The van der Waals surface area contributed by atoms with Gasteiger partial charge in [-0.3, -0.25) is 23.7 Å². The van der Waals surface area contributed by atoms with Crippen LogP contribution in [0.25, 0.3) is 10.9 Å². The number of carbonyl (C=O) groups is 3. The third kappa shape index (κ3) is 10.8. The summed E-state index contributed by atoms with van der Waals surface area (Å²) in [6.45, 7) is 3.66. The highest BCUT2D eigenvalue weighted by Gasteiger charge is 2.44. The lowest BCUT2D eigenvalue weighted by atomic mass is 9.98. The molecule has 314 valence electrons. The Morgan fingerprint density at radius 1 is 0.814 bits per heavy atom. The van der Waals surface area contributed by atoms with Crippen molar-refractivity contribution in [2.45, 2.75) is 147 Å². The number of likely N-dealkylation sites (N-methyl/N-ethyl adjacent to an activating group) is 1. The number of unbranched alkanes of at least 4 members (excludes halogenated alkanes) is 7. The van der Waals surface area contributed by atoms with Crippen molar-refractivity contribution in [2.24, 2.45) is 0 Å². The summed E-state index contributed by atoms with van der Waals surface area (Å²) in [4.78, 5) is 47.6. The van der Waals surface area contributed by atoms with Gasteiger partial charge in [-0.15, -0.1) is 10.2 Å². The Kier molecular flexibility index (Phi) is 14.5. The van der Waals surface area contributed by atoms with Crippen molar-refractivity contribution in [1.29, 1.82) is 0 Å². The molecule has 0 unspecified atom stereocenters. The molecule has 14 heteroatoms. The molecule has 2 aliphatic rings. The molecular formula is C45H61N11O3. The zero-order chi connectivity index (χ0) is 41.0. The summed E-state index contributed by atoms with van der Waals surface area (Å²) in [6.07, 6.45) is 20.2. The summed E-state index contributed by atoms with van der Waals surface area (Å²) < 4.78 is 3.80. The lowest BCUT2D eigenvalue weighted by molar-refractivity contribution is -0.144. The Balaban J connectivity index is 0.929. The van der Waals surface area contributed by atoms with Gasteiger partial charge in [0.15, 0.2) is 0 Å². The number of rotatable bonds is 20. The van der Waals surface area contributed by atoms with Gasteiger partial charge in [-0.2, -0.15) is 0 Å². The molecule has 2 aromatic carbocycles. The molecular weight excluding hydrogens is 743 g/mol. The maximum absolute atomic E-state index is 14.4. The molecule has 0 saturated carbocycles. The molecule has 14 nitrogen and oxygen atoms in total. The summed E-state index contributed by atoms with van der Waals surface area (Å²) >= 11 is 0. The summed E-state index contributed by atoms with van der Waals surface area (Å²) in [7, 11) is 1.77. The molecule has 59 heavy (non-hydrogen) atoms. The second kappa shape index (κ2) is 20.5. The molecule has 3 aromatic heterocycles. The van der Waals surface area contributed by atoms with E-state index in [1.54, 1.807) is 11.9 Å². The van der Waals surface area contributed by atoms with Crippen LogP contribution in [0.1, 0.15) is 118 Å². The minimum absolute atomic E-state index is 0.0462. The van der Waals surface area contributed by atoms with Gasteiger partial charge in [0.05, 0.1) is 24.0 Å². The number of nitrogens with zero attached hydrogens (tertiary/aromatic N) is 7. The normalized spacial score (nSPS) is 19.3. The molecule has 4 N–H and O–H groups in total. The summed E-state index contributed by atoms with van der Waals surface area (Å²) in [6, 6.07) is 15.4. The highest BCUT2D eigenvalue weighted by molar-refractivity contribution is 5.94. The van der Waals surface area contributed by atoms with Gasteiger partial charge in [0.2, 0.25) is 17.7 Å². The average molecular weight is 804 g/mol. The van der Waals surface area contributed by atoms with Crippen molar-refractivity contribution < 1.29 is 14.4 Å². The van der Waals surface area contributed by atoms with Crippen molar-refractivity contribution in [3.63, 3.8) is 0 Å². The van der Waals surface area contributed by atoms with Crippen LogP contribution in [0.4, 0.5) is 0 Å². The number of H-pyrrole nitrogens is 1. The number of para-hydroxylation sites is 1. The quantitative estimate of drug-likeness (QED) is 0.0703. The minimum atomic E-state index is -0.706. The fraction of sp³-hybridized carbons (Fsp3) is 0.533. The summed E-state index contributed by atoms with van der Waals surface area (Å²) in [5, 5.41) is 27.8. The number of hydrogen-bond acceptors (Lipinski definition) is 8. The SMILES string of the molecule is CN[C@@H](Cc1c[nH]c2ccccc12)C(=O)N[C@H]1CCCC[C@H]2CC[C@@H](C(=O)N[C@@H](c3ccccc3)c3cn(CCCCCCCCCCn4cc(C)nn4)nn3)N2C1=O. The number of fused-ring (bicyclic) bond motifs is 2. The molecule has 5 atom stereocenters. The zero-order valence-corrected chi connectivity index (χ0v) is 34.7. The summed E-state index contributed by atoms with van der Waals surface area (Å²) in [5.74, 6) is -0.610. The van der Waals surface area contributed by atoms with Crippen molar-refractivity contribution in [2.75, 3.05) is 7.05 Å². The van der Waals surface area contributed by atoms with E-state index in [9.17, 15) is 14.4 Å². The molecule has 5 heterocycles. The van der Waals surface area contributed by atoms with Crippen molar-refractivity contribution in [3.05, 3.63) is 95.7 Å². The Morgan fingerprint density at radius 3 is 2.22 bits per heavy atom. The lowest BCUT2D eigenvalue weighted by Gasteiger charge is -2.36. The fourth-order valence-electron chi connectivity index (χ4n) is 8.92. The van der Waals surface area contributed by atoms with Gasteiger partial charge in [-0.1, -0.05) is 110 Å². The van der Waals surface area contributed by atoms with Crippen molar-refractivity contribution in [1.82, 2.24) is 55.8 Å². The van der Waals surface area contributed by atoms with Crippen molar-refractivity contribution in [3.8, 4) is 0 Å². The number of nitrogens with one attached hydrogen (secondary N) is 4. The number of aromatic nitrogens is 7. The van der Waals surface area contributed by atoms with E-state index >= 15 is 0 Å². The first-order valence-electron chi connectivity index (χ1n) is 21.8. The van der Waals surface area contributed by atoms with Crippen LogP contribution in [0.15, 0.2) is 73.2 Å². The minimum Gasteiger partial charge on any atom is -0.361 e. The molecule has 0 aliphatic carbocycles. The van der Waals surface area contributed by atoms with E-state index in [0.717, 1.165) is 85.8 Å². The Morgan fingerprint density at radius 2 is 1.49 bits per heavy atom. The second-order valence-corrected chi connectivity index (χ2v) is 16.5. The lowest BCUT2D eigenvalue weighted by Crippen LogP contribution is -2.58. The third-order valence-electron chi connectivity index (χ3n) is 12.2. The van der Waals surface area contributed by atoms with Crippen LogP contribution in [-0.2, 0) is 33.9 Å². The fourth-order valence-corrected chi connectivity index (χ4v) is 8.92. The zero-order valence-electron chi connectivity index (χ0n) is 34.7. The van der Waals surface area contributed by atoms with Crippen molar-refractivity contribution >= 4 is 28.6 Å². The summed E-state index contributed by atoms with van der Waals surface area (Å²) in [5.41, 5.74) is 4.58. The van der Waals surface area contributed by atoms with Crippen LogP contribution in [0.5, 0.6) is 0 Å². The predicted octanol–water partition coefficient (Wildman–Crippen LogP) is 5.94. The third-order valence-corrected chi connectivity index (χ3v) is 12.2. The number of carbonyl (C=O) groups excluding carboxylic acids is 3. The van der Waals surface area contributed by atoms with Crippen LogP contribution >= 0.6 is 0 Å². The first-order chi connectivity index (χ1) is 28.9. The molecule has 7 rings (SSSR count). The monoisotopic (exact) mass is 803 g/mol. The standard InChI is InChI=1S/C45H61N11O3/c1-32-30-54(52-50-32)26-16-7-5-3-4-6-8-17-27-55-31-40(51-53-55)42(33-18-10-9-11-19-33)49-44(58)41-25-24-35-20-12-14-23-38(45(59)56(35)41)48-43(57)39(46-2)28-34-29-47-37-22-15-13-21-36(34)37/h9-11,13,15,18-19,21-22,29-31,35,38-39,41-42,46-47H,3-8,12,14,16-17,20,23-28H2,1-2H3,(H,48,57)(H,49,58)/t35-,38-,39-,41-,42-/m0/s1. The largest absolute Gasteiger partial charge is 0.361 e. The number of hydrogen-bond donors (Lipinski definition) is 4.